The molecule has 0 saturated heterocycles. The number of nitrogens with one attached hydrogen (secondary N) is 1. The van der Waals surface area contributed by atoms with E-state index >= 15 is 0 Å². The Balaban J connectivity index is 3.01. The fraction of sp³-hybridized carbons (Fsp3) is 0.800. The van der Waals surface area contributed by atoms with Gasteiger partial charge in [0.05, 0.1) is 0 Å². The molecule has 1 N–H and O–H groups in total. The van der Waals surface area contributed by atoms with Crippen molar-refractivity contribution < 1.29 is 0 Å². The monoisotopic (exact) mass is 155 g/mol. The van der Waals surface area contributed by atoms with Crippen LogP contribution in [0.2, 0.25) is 0 Å². The zero-order valence-corrected chi connectivity index (χ0v) is 8.06. The first-order valence-electron chi connectivity index (χ1n) is 4.65. The van der Waals surface area contributed by atoms with Gasteiger partial charge >= 0.3 is 0 Å². The Labute approximate surface area is 70.9 Å². The van der Waals surface area contributed by atoms with E-state index in [2.05, 4.69) is 38.2 Å². The summed E-state index contributed by atoms with van der Waals surface area (Å²) >= 11 is 0. The molecule has 0 aromatic heterocycles. The van der Waals surface area contributed by atoms with Crippen molar-refractivity contribution in [1.29, 1.82) is 0 Å². The van der Waals surface area contributed by atoms with Crippen LogP contribution in [0.1, 0.15) is 40.0 Å². The average Bonchev–Trinajstić information content (AvgIpc) is 2.04. The lowest BCUT2D eigenvalue weighted by molar-refractivity contribution is 0.526. The van der Waals surface area contributed by atoms with Gasteiger partial charge in [0.2, 0.25) is 0 Å². The molecule has 0 aromatic rings. The van der Waals surface area contributed by atoms with Crippen LogP contribution in [0.3, 0.4) is 0 Å². The number of hydrogen-bond acceptors (Lipinski definition) is 1. The van der Waals surface area contributed by atoms with Gasteiger partial charge in [-0.3, -0.25) is 0 Å². The molecule has 0 heterocycles. The molecule has 0 fully saturated rings. The predicted octanol–water partition coefficient (Wildman–Crippen LogP) is 2.73. The Hall–Kier alpha value is -0.300. The lowest BCUT2D eigenvalue weighted by Crippen LogP contribution is -2.25. The second kappa shape index (κ2) is 7.80. The molecule has 0 aliphatic carbocycles. The van der Waals surface area contributed by atoms with Crippen LogP contribution in [0.5, 0.6) is 0 Å². The predicted molar refractivity (Wildman–Crippen MR) is 51.8 cm³/mol. The van der Waals surface area contributed by atoms with Gasteiger partial charge < -0.3 is 5.32 Å². The Morgan fingerprint density at radius 2 is 2.18 bits per heavy atom. The van der Waals surface area contributed by atoms with Crippen molar-refractivity contribution >= 4 is 0 Å². The molecule has 0 amide bonds. The minimum atomic E-state index is 0.681. The van der Waals surface area contributed by atoms with Crippen LogP contribution >= 0.6 is 0 Å². The first kappa shape index (κ1) is 10.7. The molecule has 0 bridgehead atoms. The summed E-state index contributed by atoms with van der Waals surface area (Å²) in [5, 5.41) is 3.46. The van der Waals surface area contributed by atoms with Gasteiger partial charge in [0, 0.05) is 6.04 Å². The van der Waals surface area contributed by atoms with E-state index in [0.29, 0.717) is 6.04 Å². The van der Waals surface area contributed by atoms with Crippen molar-refractivity contribution in [3.05, 3.63) is 12.2 Å². The lowest BCUT2D eigenvalue weighted by atomic mass is 10.2. The number of unbranched alkanes of at least 4 members (excludes halogenated alkanes) is 1. The third-order valence-electron chi connectivity index (χ3n) is 1.89. The van der Waals surface area contributed by atoms with Crippen LogP contribution in [-0.2, 0) is 0 Å². The smallest absolute Gasteiger partial charge is 0.00361 e. The van der Waals surface area contributed by atoms with E-state index in [4.69, 9.17) is 0 Å². The van der Waals surface area contributed by atoms with Gasteiger partial charge in [0.15, 0.2) is 0 Å². The van der Waals surface area contributed by atoms with E-state index in [1.54, 1.807) is 0 Å². The van der Waals surface area contributed by atoms with Crippen molar-refractivity contribution in [2.45, 2.75) is 46.1 Å². The first-order valence-corrected chi connectivity index (χ1v) is 4.65. The molecule has 1 heteroatoms. The summed E-state index contributed by atoms with van der Waals surface area (Å²) in [5.74, 6) is 0. The summed E-state index contributed by atoms with van der Waals surface area (Å²) in [4.78, 5) is 0. The molecule has 0 spiro atoms. The van der Waals surface area contributed by atoms with E-state index in [-0.39, 0.29) is 0 Å². The van der Waals surface area contributed by atoms with Crippen molar-refractivity contribution in [3.63, 3.8) is 0 Å². The molecule has 66 valence electrons. The summed E-state index contributed by atoms with van der Waals surface area (Å²) in [5.41, 5.74) is 0. The van der Waals surface area contributed by atoms with Crippen molar-refractivity contribution in [2.75, 3.05) is 6.54 Å². The molecule has 0 aromatic carbocycles. The molecule has 0 radical (unpaired) electrons. The SMILES string of the molecule is C/C=C\CCCNC(C)CC. The van der Waals surface area contributed by atoms with E-state index in [1.165, 1.54) is 19.3 Å². The van der Waals surface area contributed by atoms with E-state index in [9.17, 15) is 0 Å². The van der Waals surface area contributed by atoms with E-state index in [0.717, 1.165) is 6.54 Å². The lowest BCUT2D eigenvalue weighted by Gasteiger charge is -2.09. The van der Waals surface area contributed by atoms with Gasteiger partial charge in [0.1, 0.15) is 0 Å². The fourth-order valence-corrected chi connectivity index (χ4v) is 0.879. The average molecular weight is 155 g/mol. The van der Waals surface area contributed by atoms with Crippen LogP contribution in [-0.4, -0.2) is 12.6 Å². The Bertz CT molecular complexity index is 97.0. The second-order valence-corrected chi connectivity index (χ2v) is 2.97. The standard InChI is InChI=1S/C10H21N/c1-4-6-7-8-9-11-10(3)5-2/h4,6,10-11H,5,7-9H2,1-3H3/b6-4-. The highest BCUT2D eigenvalue weighted by atomic mass is 14.9. The van der Waals surface area contributed by atoms with Gasteiger partial charge in [-0.1, -0.05) is 19.1 Å². The fourth-order valence-electron chi connectivity index (χ4n) is 0.879. The zero-order valence-electron chi connectivity index (χ0n) is 8.06. The second-order valence-electron chi connectivity index (χ2n) is 2.97. The topological polar surface area (TPSA) is 12.0 Å². The summed E-state index contributed by atoms with van der Waals surface area (Å²) in [6.45, 7) is 7.67. The minimum Gasteiger partial charge on any atom is -0.314 e. The molecule has 1 unspecified atom stereocenters. The maximum absolute atomic E-state index is 3.46. The van der Waals surface area contributed by atoms with Gasteiger partial charge in [-0.15, -0.1) is 0 Å². The van der Waals surface area contributed by atoms with Crippen LogP contribution in [0.4, 0.5) is 0 Å². The van der Waals surface area contributed by atoms with Crippen molar-refractivity contribution in [1.82, 2.24) is 5.32 Å². The van der Waals surface area contributed by atoms with E-state index < -0.39 is 0 Å². The highest BCUT2D eigenvalue weighted by molar-refractivity contribution is 4.76. The molecular formula is C10H21N. The highest BCUT2D eigenvalue weighted by Gasteiger charge is 1.93. The van der Waals surface area contributed by atoms with Crippen molar-refractivity contribution in [2.24, 2.45) is 0 Å². The number of allylic oxidation sites excluding steroid dienone is 2. The molecule has 0 saturated carbocycles. The van der Waals surface area contributed by atoms with Crippen LogP contribution in [0.25, 0.3) is 0 Å². The quantitative estimate of drug-likeness (QED) is 0.459. The Kier molecular flexibility index (Phi) is 7.59. The summed E-state index contributed by atoms with van der Waals surface area (Å²) in [7, 11) is 0. The van der Waals surface area contributed by atoms with Crippen LogP contribution in [0, 0.1) is 0 Å². The van der Waals surface area contributed by atoms with Gasteiger partial charge in [-0.25, -0.2) is 0 Å². The number of rotatable bonds is 6. The summed E-state index contributed by atoms with van der Waals surface area (Å²) in [6.07, 6.45) is 8.03. The molecule has 11 heavy (non-hydrogen) atoms. The normalized spacial score (nSPS) is 14.1. The first-order chi connectivity index (χ1) is 5.31. The van der Waals surface area contributed by atoms with Crippen LogP contribution in [0.15, 0.2) is 12.2 Å². The van der Waals surface area contributed by atoms with E-state index in [1.807, 2.05) is 0 Å². The van der Waals surface area contributed by atoms with Crippen LogP contribution < -0.4 is 5.32 Å². The molecule has 1 nitrogen and oxygen atoms in total. The zero-order chi connectivity index (χ0) is 8.53. The third-order valence-corrected chi connectivity index (χ3v) is 1.89. The van der Waals surface area contributed by atoms with Gasteiger partial charge in [-0.2, -0.15) is 0 Å². The molecule has 0 aliphatic rings. The largest absolute Gasteiger partial charge is 0.314 e. The number of hydrogen-bond donors (Lipinski definition) is 1. The Morgan fingerprint density at radius 1 is 1.45 bits per heavy atom. The van der Waals surface area contributed by atoms with Crippen molar-refractivity contribution in [3.8, 4) is 0 Å². The maximum Gasteiger partial charge on any atom is 0.00361 e. The Morgan fingerprint density at radius 3 is 2.73 bits per heavy atom. The minimum absolute atomic E-state index is 0.681. The third kappa shape index (κ3) is 7.60. The van der Waals surface area contributed by atoms with Gasteiger partial charge in [-0.05, 0) is 39.7 Å². The molecule has 1 atom stereocenters. The maximum atomic E-state index is 3.46. The molecule has 0 aliphatic heterocycles. The summed E-state index contributed by atoms with van der Waals surface area (Å²) < 4.78 is 0. The summed E-state index contributed by atoms with van der Waals surface area (Å²) in [6, 6.07) is 0.681. The highest BCUT2D eigenvalue weighted by Crippen LogP contribution is 1.92. The molecular weight excluding hydrogens is 134 g/mol. The van der Waals surface area contributed by atoms with Gasteiger partial charge in [0.25, 0.3) is 0 Å². The molecule has 0 rings (SSSR count).